The van der Waals surface area contributed by atoms with Gasteiger partial charge >= 0.3 is 6.03 Å². The molecule has 0 bridgehead atoms. The highest BCUT2D eigenvalue weighted by atomic mass is 35.5. The molecule has 0 saturated heterocycles. The summed E-state index contributed by atoms with van der Waals surface area (Å²) in [6.45, 7) is 0. The molecule has 3 aromatic rings. The standard InChI is InChI=1S/C23H18ClFN4O2/c1-29-19-12-7-15(24)13-18(19)20(14-5-3-2-4-6-14)27-21(22(29)30)28-23(31)26-17-10-8-16(25)9-11-17/h2-13,21H,1H3,(H2,26,28,31). The Balaban J connectivity index is 1.70. The maximum atomic E-state index is 13.1. The lowest BCUT2D eigenvalue weighted by Gasteiger charge is -2.21. The predicted molar refractivity (Wildman–Crippen MR) is 119 cm³/mol. The van der Waals surface area contributed by atoms with Crippen LogP contribution < -0.4 is 15.5 Å². The van der Waals surface area contributed by atoms with Crippen molar-refractivity contribution in [2.24, 2.45) is 4.99 Å². The molecule has 0 spiro atoms. The number of hydrogen-bond acceptors (Lipinski definition) is 3. The van der Waals surface area contributed by atoms with Crippen LogP contribution in [0.2, 0.25) is 5.02 Å². The number of aliphatic imine (C=N–C) groups is 1. The molecular weight excluding hydrogens is 419 g/mol. The first kappa shape index (κ1) is 20.6. The molecule has 3 amide bonds. The van der Waals surface area contributed by atoms with Gasteiger partial charge in [-0.05, 0) is 42.5 Å². The highest BCUT2D eigenvalue weighted by molar-refractivity contribution is 6.32. The average molecular weight is 437 g/mol. The SMILES string of the molecule is CN1C(=O)C(NC(=O)Nc2ccc(F)cc2)N=C(c2ccccc2)c2cc(Cl)ccc21. The van der Waals surface area contributed by atoms with Gasteiger partial charge in [0.1, 0.15) is 5.82 Å². The molecule has 0 aliphatic carbocycles. The van der Waals surface area contributed by atoms with E-state index in [-0.39, 0.29) is 0 Å². The molecule has 0 aromatic heterocycles. The Hall–Kier alpha value is -3.71. The third-order valence-corrected chi connectivity index (χ3v) is 5.05. The van der Waals surface area contributed by atoms with Crippen molar-refractivity contribution in [2.45, 2.75) is 6.17 Å². The summed E-state index contributed by atoms with van der Waals surface area (Å²) in [6, 6.07) is 19.2. The molecule has 31 heavy (non-hydrogen) atoms. The zero-order valence-electron chi connectivity index (χ0n) is 16.5. The lowest BCUT2D eigenvalue weighted by atomic mass is 10.0. The summed E-state index contributed by atoms with van der Waals surface area (Å²) < 4.78 is 13.1. The molecule has 1 atom stereocenters. The highest BCUT2D eigenvalue weighted by Crippen LogP contribution is 2.29. The van der Waals surface area contributed by atoms with Crippen LogP contribution in [0.4, 0.5) is 20.6 Å². The second-order valence-electron chi connectivity index (χ2n) is 6.91. The zero-order chi connectivity index (χ0) is 22.0. The van der Waals surface area contributed by atoms with Crippen molar-refractivity contribution in [3.05, 3.63) is 94.8 Å². The summed E-state index contributed by atoms with van der Waals surface area (Å²) in [5.74, 6) is -0.830. The number of benzene rings is 3. The minimum absolute atomic E-state index is 0.385. The molecule has 156 valence electrons. The first-order valence-corrected chi connectivity index (χ1v) is 9.84. The largest absolute Gasteiger partial charge is 0.321 e. The van der Waals surface area contributed by atoms with Crippen LogP contribution in [0.25, 0.3) is 0 Å². The minimum Gasteiger partial charge on any atom is -0.311 e. The van der Waals surface area contributed by atoms with Crippen molar-refractivity contribution in [1.82, 2.24) is 5.32 Å². The third-order valence-electron chi connectivity index (χ3n) is 4.81. The van der Waals surface area contributed by atoms with E-state index >= 15 is 0 Å². The molecule has 0 radical (unpaired) electrons. The smallest absolute Gasteiger partial charge is 0.311 e. The van der Waals surface area contributed by atoms with Crippen molar-refractivity contribution in [3.8, 4) is 0 Å². The molecule has 6 nitrogen and oxygen atoms in total. The number of carbonyl (C=O) groups excluding carboxylic acids is 2. The second-order valence-corrected chi connectivity index (χ2v) is 7.35. The number of amides is 3. The number of rotatable bonds is 3. The van der Waals surface area contributed by atoms with Crippen LogP contribution in [0.5, 0.6) is 0 Å². The first-order chi connectivity index (χ1) is 14.9. The van der Waals surface area contributed by atoms with Crippen LogP contribution in [0.15, 0.2) is 77.8 Å². The lowest BCUT2D eigenvalue weighted by molar-refractivity contribution is -0.119. The Bertz CT molecular complexity index is 1170. The Labute approximate surface area is 183 Å². The van der Waals surface area contributed by atoms with Gasteiger partial charge in [-0.1, -0.05) is 41.9 Å². The Morgan fingerprint density at radius 3 is 2.48 bits per heavy atom. The van der Waals surface area contributed by atoms with Gasteiger partial charge in [-0.25, -0.2) is 14.2 Å². The number of halogens is 2. The fourth-order valence-corrected chi connectivity index (χ4v) is 3.46. The van der Waals surface area contributed by atoms with Crippen molar-refractivity contribution < 1.29 is 14.0 Å². The maximum Gasteiger partial charge on any atom is 0.321 e. The summed E-state index contributed by atoms with van der Waals surface area (Å²) in [7, 11) is 1.62. The van der Waals surface area contributed by atoms with Crippen LogP contribution in [-0.4, -0.2) is 30.9 Å². The molecule has 8 heteroatoms. The van der Waals surface area contributed by atoms with Crippen LogP contribution >= 0.6 is 11.6 Å². The fraction of sp³-hybridized carbons (Fsp3) is 0.0870. The number of carbonyl (C=O) groups is 2. The molecule has 0 saturated carbocycles. The van der Waals surface area contributed by atoms with E-state index in [9.17, 15) is 14.0 Å². The average Bonchev–Trinajstić information content (AvgIpc) is 2.86. The zero-order valence-corrected chi connectivity index (χ0v) is 17.2. The Kier molecular flexibility index (Phi) is 5.68. The Morgan fingerprint density at radius 2 is 1.77 bits per heavy atom. The van der Waals surface area contributed by atoms with E-state index in [1.165, 1.54) is 29.2 Å². The van der Waals surface area contributed by atoms with Crippen LogP contribution in [-0.2, 0) is 4.79 Å². The van der Waals surface area contributed by atoms with Gasteiger partial charge in [0.2, 0.25) is 6.17 Å². The van der Waals surface area contributed by atoms with Crippen molar-refractivity contribution in [3.63, 3.8) is 0 Å². The van der Waals surface area contributed by atoms with Crippen molar-refractivity contribution in [2.75, 3.05) is 17.3 Å². The minimum atomic E-state index is -1.17. The summed E-state index contributed by atoms with van der Waals surface area (Å²) in [6.07, 6.45) is -1.17. The maximum absolute atomic E-state index is 13.1. The predicted octanol–water partition coefficient (Wildman–Crippen LogP) is 4.44. The Morgan fingerprint density at radius 1 is 1.06 bits per heavy atom. The topological polar surface area (TPSA) is 73.8 Å². The summed E-state index contributed by atoms with van der Waals surface area (Å²) in [5, 5.41) is 5.68. The van der Waals surface area contributed by atoms with E-state index in [0.29, 0.717) is 27.7 Å². The number of urea groups is 1. The summed E-state index contributed by atoms with van der Waals surface area (Å²) in [4.78, 5) is 31.6. The summed E-state index contributed by atoms with van der Waals surface area (Å²) in [5.41, 5.74) is 3.00. The lowest BCUT2D eigenvalue weighted by Crippen LogP contribution is -2.47. The molecular formula is C23H18ClFN4O2. The molecule has 2 N–H and O–H groups in total. The number of benzodiazepines with no additional fused rings is 1. The van der Waals surface area contributed by atoms with Gasteiger partial charge in [-0.2, -0.15) is 0 Å². The number of likely N-dealkylation sites (N-methyl/N-ethyl adjacent to an activating group) is 1. The molecule has 1 heterocycles. The van der Waals surface area contributed by atoms with Crippen molar-refractivity contribution in [1.29, 1.82) is 0 Å². The van der Waals surface area contributed by atoms with E-state index < -0.39 is 23.9 Å². The van der Waals surface area contributed by atoms with Gasteiger partial charge in [0.25, 0.3) is 5.91 Å². The monoisotopic (exact) mass is 436 g/mol. The van der Waals surface area contributed by atoms with Gasteiger partial charge in [-0.3, -0.25) is 4.79 Å². The van der Waals surface area contributed by atoms with Gasteiger partial charge < -0.3 is 15.5 Å². The molecule has 3 aromatic carbocycles. The number of anilines is 2. The summed E-state index contributed by atoms with van der Waals surface area (Å²) >= 11 is 6.22. The first-order valence-electron chi connectivity index (χ1n) is 9.46. The highest BCUT2D eigenvalue weighted by Gasteiger charge is 2.31. The van der Waals surface area contributed by atoms with Gasteiger partial charge in [0.15, 0.2) is 0 Å². The quantitative estimate of drug-likeness (QED) is 0.637. The second kappa shape index (κ2) is 8.57. The number of hydrogen-bond donors (Lipinski definition) is 2. The van der Waals surface area contributed by atoms with Gasteiger partial charge in [0, 0.05) is 28.9 Å². The van der Waals surface area contributed by atoms with E-state index in [1.807, 2.05) is 30.3 Å². The fourth-order valence-electron chi connectivity index (χ4n) is 3.29. The normalized spacial score (nSPS) is 15.6. The third kappa shape index (κ3) is 4.41. The number of nitrogens with one attached hydrogen (secondary N) is 2. The van der Waals surface area contributed by atoms with E-state index in [1.54, 1.807) is 25.2 Å². The van der Waals surface area contributed by atoms with Crippen LogP contribution in [0, 0.1) is 5.82 Å². The van der Waals surface area contributed by atoms with Crippen LogP contribution in [0.3, 0.4) is 0 Å². The number of nitrogens with zero attached hydrogens (tertiary/aromatic N) is 2. The molecule has 1 aliphatic heterocycles. The number of fused-ring (bicyclic) bond motifs is 1. The van der Waals surface area contributed by atoms with E-state index in [2.05, 4.69) is 15.6 Å². The van der Waals surface area contributed by atoms with E-state index in [4.69, 9.17) is 11.6 Å². The van der Waals surface area contributed by atoms with Crippen molar-refractivity contribution >= 4 is 40.6 Å². The molecule has 0 fully saturated rings. The molecule has 1 aliphatic rings. The van der Waals surface area contributed by atoms with E-state index in [0.717, 1.165) is 5.56 Å². The molecule has 1 unspecified atom stereocenters. The van der Waals surface area contributed by atoms with Gasteiger partial charge in [0.05, 0.1) is 11.4 Å². The van der Waals surface area contributed by atoms with Crippen LogP contribution in [0.1, 0.15) is 11.1 Å². The van der Waals surface area contributed by atoms with Gasteiger partial charge in [-0.15, -0.1) is 0 Å². The molecule has 4 rings (SSSR count).